The number of rotatable bonds is 9. The van der Waals surface area contributed by atoms with Gasteiger partial charge >= 0.3 is 0 Å². The second-order valence-electron chi connectivity index (χ2n) is 19.0. The zero-order chi connectivity index (χ0) is 43.5. The highest BCUT2D eigenvalue weighted by Gasteiger charge is 2.32. The van der Waals surface area contributed by atoms with E-state index in [1.54, 1.807) is 0 Å². The maximum absolute atomic E-state index is 6.81. The van der Waals surface area contributed by atoms with Crippen LogP contribution in [0.5, 0.6) is 11.5 Å². The number of ether oxygens (including phenoxy) is 1. The third kappa shape index (κ3) is 7.21. The van der Waals surface area contributed by atoms with Crippen molar-refractivity contribution in [1.82, 2.24) is 9.55 Å². The fourth-order valence-corrected chi connectivity index (χ4v) is 9.32. The van der Waals surface area contributed by atoms with Gasteiger partial charge in [0.25, 0.3) is 0 Å². The van der Waals surface area contributed by atoms with Crippen molar-refractivity contribution in [2.24, 2.45) is 0 Å². The van der Waals surface area contributed by atoms with Crippen LogP contribution in [0.2, 0.25) is 0 Å². The molecule has 10 rings (SSSR count). The van der Waals surface area contributed by atoms with E-state index in [4.69, 9.17) is 9.72 Å². The van der Waals surface area contributed by atoms with E-state index in [2.05, 4.69) is 245 Å². The van der Waals surface area contributed by atoms with Crippen LogP contribution in [0.1, 0.15) is 76.3 Å². The first-order chi connectivity index (χ1) is 30.4. The minimum Gasteiger partial charge on any atom is -0.457 e. The van der Waals surface area contributed by atoms with Crippen LogP contribution in [0.15, 0.2) is 188 Å². The van der Waals surface area contributed by atoms with Gasteiger partial charge in [-0.25, -0.2) is 4.98 Å². The lowest BCUT2D eigenvalue weighted by Crippen LogP contribution is -2.25. The summed E-state index contributed by atoms with van der Waals surface area (Å²) in [6, 6.07) is 65.4. The normalized spacial score (nSPS) is 13.2. The largest absolute Gasteiger partial charge is 0.457 e. The predicted molar refractivity (Wildman–Crippen MR) is 263 cm³/mol. The van der Waals surface area contributed by atoms with Gasteiger partial charge in [-0.2, -0.15) is 0 Å². The maximum atomic E-state index is 6.81. The molecule has 0 bridgehead atoms. The average molecular weight is 823 g/mol. The van der Waals surface area contributed by atoms with Crippen molar-refractivity contribution >= 4 is 44.6 Å². The fraction of sp³-hybridized carbons (Fsp3) is 0.190. The molecule has 1 aliphatic rings. The van der Waals surface area contributed by atoms with E-state index in [-0.39, 0.29) is 16.2 Å². The zero-order valence-electron chi connectivity index (χ0n) is 37.3. The summed E-state index contributed by atoms with van der Waals surface area (Å²) < 4.78 is 9.08. The standard InChI is InChI=1S/C58H54N4O/c1-56(2,3)42-28-31-52-54(35-42)61(39-60(52)45-23-16-22-43(34-45)57(4,5)40-18-10-8-11-19-40)46-24-17-25-47(37-46)63-48-29-30-50-49-26-14-15-27-51(49)62(53(50)38-48)55-36-44(32-33-59-55)58(6,7)41-20-12-9-13-21-41/h8-38H,39H2,1-7H3. The molecule has 0 amide bonds. The molecule has 7 aromatic carbocycles. The Labute approximate surface area is 371 Å². The lowest BCUT2D eigenvalue weighted by atomic mass is 9.78. The highest BCUT2D eigenvalue weighted by molar-refractivity contribution is 6.09. The highest BCUT2D eigenvalue weighted by Crippen LogP contribution is 2.48. The van der Waals surface area contributed by atoms with Crippen molar-refractivity contribution < 1.29 is 4.74 Å². The molecule has 0 radical (unpaired) electrons. The smallest absolute Gasteiger partial charge is 0.137 e. The molecule has 0 spiro atoms. The van der Waals surface area contributed by atoms with E-state index in [1.807, 2.05) is 6.20 Å². The second-order valence-corrected chi connectivity index (χ2v) is 19.0. The molecule has 2 aromatic heterocycles. The van der Waals surface area contributed by atoms with E-state index in [1.165, 1.54) is 50.3 Å². The van der Waals surface area contributed by atoms with Gasteiger partial charge in [0.1, 0.15) is 24.0 Å². The van der Waals surface area contributed by atoms with Gasteiger partial charge in [-0.15, -0.1) is 0 Å². The van der Waals surface area contributed by atoms with Crippen molar-refractivity contribution in [3.8, 4) is 17.3 Å². The van der Waals surface area contributed by atoms with E-state index in [0.29, 0.717) is 6.67 Å². The molecule has 63 heavy (non-hydrogen) atoms. The molecule has 5 heteroatoms. The number of hydrogen-bond acceptors (Lipinski definition) is 4. The van der Waals surface area contributed by atoms with Crippen molar-refractivity contribution in [2.45, 2.75) is 64.7 Å². The number of fused-ring (bicyclic) bond motifs is 4. The molecule has 0 N–H and O–H groups in total. The SMILES string of the molecule is CC(C)(C)c1ccc2c(c1)N(c1cccc(Oc3ccc4c5ccccc5n(-c5cc(C(C)(C)c6ccccc6)ccn5)c4c3)c1)CN2c1cccc(C(C)(C)c2ccccc2)c1. The summed E-state index contributed by atoms with van der Waals surface area (Å²) in [5.41, 5.74) is 12.7. The van der Waals surface area contributed by atoms with Crippen LogP contribution in [0.25, 0.3) is 27.6 Å². The molecular formula is C58H54N4O. The third-order valence-electron chi connectivity index (χ3n) is 13.3. The van der Waals surface area contributed by atoms with Crippen LogP contribution in [-0.4, -0.2) is 16.2 Å². The molecule has 0 unspecified atom stereocenters. The van der Waals surface area contributed by atoms with Crippen LogP contribution in [0.4, 0.5) is 22.7 Å². The molecule has 0 fully saturated rings. The van der Waals surface area contributed by atoms with E-state index >= 15 is 0 Å². The molecule has 0 saturated carbocycles. The van der Waals surface area contributed by atoms with Crippen molar-refractivity contribution in [2.75, 3.05) is 16.5 Å². The number of benzene rings is 7. The monoisotopic (exact) mass is 822 g/mol. The van der Waals surface area contributed by atoms with Crippen LogP contribution in [0.3, 0.4) is 0 Å². The quantitative estimate of drug-likeness (QED) is 0.145. The molecule has 0 saturated heterocycles. The summed E-state index contributed by atoms with van der Waals surface area (Å²) in [6.45, 7) is 16.7. The number of anilines is 4. The van der Waals surface area contributed by atoms with Crippen LogP contribution in [-0.2, 0) is 16.2 Å². The molecular weight excluding hydrogens is 769 g/mol. The minimum absolute atomic E-state index is 0.00521. The number of nitrogens with zero attached hydrogens (tertiary/aromatic N) is 4. The van der Waals surface area contributed by atoms with E-state index < -0.39 is 0 Å². The third-order valence-corrected chi connectivity index (χ3v) is 13.3. The van der Waals surface area contributed by atoms with Crippen molar-refractivity contribution in [1.29, 1.82) is 0 Å². The second kappa shape index (κ2) is 15.4. The lowest BCUT2D eigenvalue weighted by molar-refractivity contribution is 0.483. The first kappa shape index (κ1) is 40.0. The topological polar surface area (TPSA) is 33.5 Å². The van der Waals surface area contributed by atoms with Gasteiger partial charge in [-0.1, -0.05) is 152 Å². The van der Waals surface area contributed by atoms with Gasteiger partial charge in [0.05, 0.1) is 22.4 Å². The molecule has 9 aromatic rings. The van der Waals surface area contributed by atoms with Gasteiger partial charge in [-0.05, 0) is 100.0 Å². The Morgan fingerprint density at radius 1 is 0.429 bits per heavy atom. The lowest BCUT2D eigenvalue weighted by Gasteiger charge is -2.28. The summed E-state index contributed by atoms with van der Waals surface area (Å²) in [5.74, 6) is 2.42. The predicted octanol–water partition coefficient (Wildman–Crippen LogP) is 15.2. The minimum atomic E-state index is -0.207. The molecule has 3 heterocycles. The number of pyridine rings is 1. The highest BCUT2D eigenvalue weighted by atomic mass is 16.5. The van der Waals surface area contributed by atoms with Crippen molar-refractivity contribution in [3.63, 3.8) is 0 Å². The van der Waals surface area contributed by atoms with Crippen LogP contribution in [0, 0.1) is 0 Å². The Bertz CT molecular complexity index is 3120. The molecule has 0 atom stereocenters. The average Bonchev–Trinajstić information content (AvgIpc) is 3.85. The first-order valence-corrected chi connectivity index (χ1v) is 22.1. The van der Waals surface area contributed by atoms with Gasteiger partial charge in [0.2, 0.25) is 0 Å². The first-order valence-electron chi connectivity index (χ1n) is 22.1. The van der Waals surface area contributed by atoms with E-state index in [0.717, 1.165) is 39.4 Å². The summed E-state index contributed by atoms with van der Waals surface area (Å²) in [6.07, 6.45) is 1.94. The Hall–Kier alpha value is -7.11. The summed E-state index contributed by atoms with van der Waals surface area (Å²) in [4.78, 5) is 9.83. The Morgan fingerprint density at radius 3 is 1.73 bits per heavy atom. The van der Waals surface area contributed by atoms with Crippen LogP contribution < -0.4 is 14.5 Å². The van der Waals surface area contributed by atoms with Crippen molar-refractivity contribution in [3.05, 3.63) is 216 Å². The molecule has 1 aliphatic heterocycles. The number of aromatic nitrogens is 2. The molecule has 5 nitrogen and oxygen atoms in total. The van der Waals surface area contributed by atoms with E-state index in [9.17, 15) is 0 Å². The fourth-order valence-electron chi connectivity index (χ4n) is 9.32. The molecule has 312 valence electrons. The maximum Gasteiger partial charge on any atom is 0.137 e. The van der Waals surface area contributed by atoms with Crippen LogP contribution >= 0.6 is 0 Å². The molecule has 0 aliphatic carbocycles. The zero-order valence-corrected chi connectivity index (χ0v) is 37.3. The summed E-state index contributed by atoms with van der Waals surface area (Å²) >= 11 is 0. The summed E-state index contributed by atoms with van der Waals surface area (Å²) in [5, 5.41) is 2.33. The Balaban J connectivity index is 1.01. The van der Waals surface area contributed by atoms with Gasteiger partial charge < -0.3 is 14.5 Å². The Morgan fingerprint density at radius 2 is 1.02 bits per heavy atom. The number of hydrogen-bond donors (Lipinski definition) is 0. The van der Waals surface area contributed by atoms with Gasteiger partial charge in [0, 0.05) is 51.3 Å². The Kier molecular flexibility index (Phi) is 9.75. The number of para-hydroxylation sites is 1. The van der Waals surface area contributed by atoms with Gasteiger partial charge in [-0.3, -0.25) is 4.57 Å². The summed E-state index contributed by atoms with van der Waals surface area (Å²) in [7, 11) is 0. The van der Waals surface area contributed by atoms with Gasteiger partial charge in [0.15, 0.2) is 0 Å².